The number of aromatic nitrogens is 1. The van der Waals surface area contributed by atoms with Crippen molar-refractivity contribution in [1.82, 2.24) is 9.88 Å². The van der Waals surface area contributed by atoms with E-state index in [1.165, 1.54) is 0 Å². The minimum Gasteiger partial charge on any atom is -0.331 e. The maximum Gasteiger partial charge on any atom is 0.148 e. The molecule has 0 saturated heterocycles. The van der Waals surface area contributed by atoms with Crippen molar-refractivity contribution >= 4 is 34.3 Å². The number of rotatable bonds is 1. The highest BCUT2D eigenvalue weighted by atomic mass is 32.2. The third-order valence-electron chi connectivity index (χ3n) is 3.52. The number of amidine groups is 1. The van der Waals surface area contributed by atoms with Crippen molar-refractivity contribution in [3.05, 3.63) is 60.4 Å². The quantitative estimate of drug-likeness (QED) is 0.748. The highest BCUT2D eigenvalue weighted by molar-refractivity contribution is 7.98. The molecule has 98 valence electrons. The zero-order valence-electron chi connectivity index (χ0n) is 10.9. The Bertz CT molecular complexity index is 761. The molecule has 3 nitrogen and oxygen atoms in total. The van der Waals surface area contributed by atoms with Crippen LogP contribution in [0.3, 0.4) is 0 Å². The predicted molar refractivity (Wildman–Crippen MR) is 85.5 cm³/mol. The van der Waals surface area contributed by atoms with Crippen LogP contribution in [0.15, 0.2) is 59.3 Å². The number of hydrogen-bond donors (Lipinski definition) is 0. The van der Waals surface area contributed by atoms with Crippen LogP contribution in [0.1, 0.15) is 5.56 Å². The van der Waals surface area contributed by atoms with Gasteiger partial charge in [-0.3, -0.25) is 4.98 Å². The molecule has 20 heavy (non-hydrogen) atoms. The lowest BCUT2D eigenvalue weighted by molar-refractivity contribution is 0.594. The van der Waals surface area contributed by atoms with Gasteiger partial charge in [0.05, 0.1) is 5.52 Å². The van der Waals surface area contributed by atoms with Gasteiger partial charge in [-0.2, -0.15) is 4.40 Å². The van der Waals surface area contributed by atoms with E-state index in [0.29, 0.717) is 0 Å². The van der Waals surface area contributed by atoms with E-state index in [1.54, 1.807) is 11.9 Å². The fraction of sp³-hybridized carbons (Fsp3) is 0.125. The Hall–Kier alpha value is -2.07. The average molecular weight is 279 g/mol. The summed E-state index contributed by atoms with van der Waals surface area (Å²) in [7, 11) is 0. The number of hydrogen-bond acceptors (Lipinski definition) is 4. The SMILES string of the molecule is C1=CN2CCSN=C2C(c2cnc3ccccc3c2)=C1. The second kappa shape index (κ2) is 4.80. The molecule has 3 heterocycles. The number of nitrogens with zero attached hydrogens (tertiary/aromatic N) is 3. The Morgan fingerprint density at radius 1 is 1.20 bits per heavy atom. The first-order valence-corrected chi connectivity index (χ1v) is 7.57. The molecule has 0 unspecified atom stereocenters. The van der Waals surface area contributed by atoms with Crippen molar-refractivity contribution < 1.29 is 0 Å². The fourth-order valence-corrected chi connectivity index (χ4v) is 3.21. The highest BCUT2D eigenvalue weighted by Crippen LogP contribution is 2.28. The van der Waals surface area contributed by atoms with E-state index in [-0.39, 0.29) is 0 Å². The van der Waals surface area contributed by atoms with Crippen molar-refractivity contribution in [2.75, 3.05) is 12.3 Å². The van der Waals surface area contributed by atoms with Gasteiger partial charge < -0.3 is 4.90 Å². The van der Waals surface area contributed by atoms with E-state index in [4.69, 9.17) is 0 Å². The zero-order chi connectivity index (χ0) is 13.4. The monoisotopic (exact) mass is 279 g/mol. The van der Waals surface area contributed by atoms with E-state index in [0.717, 1.165) is 40.2 Å². The van der Waals surface area contributed by atoms with Crippen LogP contribution in [-0.2, 0) is 0 Å². The van der Waals surface area contributed by atoms with Gasteiger partial charge in [-0.15, -0.1) is 0 Å². The van der Waals surface area contributed by atoms with E-state index >= 15 is 0 Å². The third-order valence-corrected chi connectivity index (χ3v) is 4.19. The van der Waals surface area contributed by atoms with Crippen LogP contribution in [0.5, 0.6) is 0 Å². The smallest absolute Gasteiger partial charge is 0.148 e. The van der Waals surface area contributed by atoms with Crippen molar-refractivity contribution in [2.45, 2.75) is 0 Å². The molecule has 0 aliphatic carbocycles. The molecule has 0 N–H and O–H groups in total. The van der Waals surface area contributed by atoms with Crippen molar-refractivity contribution in [3.63, 3.8) is 0 Å². The minimum absolute atomic E-state index is 1.01. The Morgan fingerprint density at radius 2 is 2.15 bits per heavy atom. The molecule has 0 radical (unpaired) electrons. The Balaban J connectivity index is 1.83. The predicted octanol–water partition coefficient (Wildman–Crippen LogP) is 3.51. The molecule has 2 aliphatic heterocycles. The number of para-hydroxylation sites is 1. The summed E-state index contributed by atoms with van der Waals surface area (Å²) >= 11 is 1.63. The molecular formula is C16H13N3S. The number of benzene rings is 1. The highest BCUT2D eigenvalue weighted by Gasteiger charge is 2.21. The van der Waals surface area contributed by atoms with Gasteiger partial charge in [0.1, 0.15) is 5.84 Å². The van der Waals surface area contributed by atoms with Gasteiger partial charge in [0.2, 0.25) is 0 Å². The van der Waals surface area contributed by atoms with Crippen molar-refractivity contribution in [1.29, 1.82) is 0 Å². The second-order valence-electron chi connectivity index (χ2n) is 4.78. The Labute approximate surface area is 121 Å². The maximum absolute atomic E-state index is 4.60. The van der Waals surface area contributed by atoms with Crippen LogP contribution in [0.4, 0.5) is 0 Å². The molecule has 0 spiro atoms. The largest absolute Gasteiger partial charge is 0.331 e. The first-order valence-electron chi connectivity index (χ1n) is 6.62. The molecule has 0 atom stereocenters. The summed E-state index contributed by atoms with van der Waals surface area (Å²) in [5.41, 5.74) is 3.30. The van der Waals surface area contributed by atoms with E-state index in [2.05, 4.69) is 44.8 Å². The number of allylic oxidation sites excluding steroid dienone is 2. The minimum atomic E-state index is 1.01. The van der Waals surface area contributed by atoms with Crippen LogP contribution in [-0.4, -0.2) is 28.0 Å². The van der Waals surface area contributed by atoms with Crippen LogP contribution in [0.2, 0.25) is 0 Å². The molecule has 0 fully saturated rings. The summed E-state index contributed by atoms with van der Waals surface area (Å²) in [5, 5.41) is 1.16. The van der Waals surface area contributed by atoms with Gasteiger partial charge in [0, 0.05) is 41.2 Å². The standard InChI is InChI=1S/C16H13N3S/c1-2-6-15-12(4-1)10-13(11-17-15)14-5-3-7-19-8-9-20-18-16(14)19/h1-7,10-11H,8-9H2. The average Bonchev–Trinajstić information content (AvgIpc) is 2.54. The second-order valence-corrected chi connectivity index (χ2v) is 5.63. The number of fused-ring (bicyclic) bond motifs is 2. The summed E-state index contributed by atoms with van der Waals surface area (Å²) in [6, 6.07) is 10.4. The molecule has 4 heteroatoms. The van der Waals surface area contributed by atoms with Crippen LogP contribution in [0.25, 0.3) is 16.5 Å². The molecule has 0 amide bonds. The fourth-order valence-electron chi connectivity index (χ4n) is 2.51. The molecule has 0 saturated carbocycles. The summed E-state index contributed by atoms with van der Waals surface area (Å²) < 4.78 is 4.60. The van der Waals surface area contributed by atoms with Gasteiger partial charge in [-0.1, -0.05) is 18.2 Å². The van der Waals surface area contributed by atoms with Crippen molar-refractivity contribution in [3.8, 4) is 0 Å². The van der Waals surface area contributed by atoms with E-state index in [1.807, 2.05) is 24.4 Å². The van der Waals surface area contributed by atoms with E-state index in [9.17, 15) is 0 Å². The maximum atomic E-state index is 4.60. The van der Waals surface area contributed by atoms with Crippen LogP contribution < -0.4 is 0 Å². The first-order chi connectivity index (χ1) is 9.92. The number of pyridine rings is 1. The molecule has 2 aliphatic rings. The van der Waals surface area contributed by atoms with Crippen LogP contribution >= 0.6 is 11.9 Å². The molecule has 0 bridgehead atoms. The molecule has 1 aromatic heterocycles. The Kier molecular flexibility index (Phi) is 2.81. The van der Waals surface area contributed by atoms with Gasteiger partial charge in [0.25, 0.3) is 0 Å². The lowest BCUT2D eigenvalue weighted by Crippen LogP contribution is -2.32. The molecule has 4 rings (SSSR count). The van der Waals surface area contributed by atoms with Gasteiger partial charge in [0.15, 0.2) is 0 Å². The van der Waals surface area contributed by atoms with E-state index < -0.39 is 0 Å². The van der Waals surface area contributed by atoms with Crippen LogP contribution in [0, 0.1) is 0 Å². The summed E-state index contributed by atoms with van der Waals surface area (Å²) in [4.78, 5) is 6.76. The Morgan fingerprint density at radius 3 is 3.15 bits per heavy atom. The van der Waals surface area contributed by atoms with Gasteiger partial charge in [-0.25, -0.2) is 0 Å². The topological polar surface area (TPSA) is 28.5 Å². The third kappa shape index (κ3) is 1.93. The normalized spacial score (nSPS) is 17.7. The summed E-state index contributed by atoms with van der Waals surface area (Å²) in [6.45, 7) is 1.01. The zero-order valence-corrected chi connectivity index (χ0v) is 11.7. The van der Waals surface area contributed by atoms with Gasteiger partial charge >= 0.3 is 0 Å². The van der Waals surface area contributed by atoms with Crippen molar-refractivity contribution in [2.24, 2.45) is 4.40 Å². The lowest BCUT2D eigenvalue weighted by atomic mass is 10.0. The summed E-state index contributed by atoms with van der Waals surface area (Å²) in [5.74, 6) is 2.08. The summed E-state index contributed by atoms with van der Waals surface area (Å²) in [6.07, 6.45) is 8.23. The first kappa shape index (κ1) is 11.7. The molecule has 2 aromatic rings. The lowest BCUT2D eigenvalue weighted by Gasteiger charge is -2.29. The van der Waals surface area contributed by atoms with Gasteiger partial charge in [-0.05, 0) is 36.2 Å². The molecular weight excluding hydrogens is 266 g/mol. The molecule has 1 aromatic carbocycles.